The van der Waals surface area contributed by atoms with Gasteiger partial charge in [-0.3, -0.25) is 4.57 Å². The summed E-state index contributed by atoms with van der Waals surface area (Å²) in [6.45, 7) is 2.11. The van der Waals surface area contributed by atoms with Crippen molar-refractivity contribution < 1.29 is 0 Å². The summed E-state index contributed by atoms with van der Waals surface area (Å²) in [6, 6.07) is 29.1. The summed E-state index contributed by atoms with van der Waals surface area (Å²) >= 11 is 1.66. The summed E-state index contributed by atoms with van der Waals surface area (Å²) in [5.41, 5.74) is 5.70. The van der Waals surface area contributed by atoms with Crippen LogP contribution in [0, 0.1) is 6.92 Å². The predicted molar refractivity (Wildman–Crippen MR) is 105 cm³/mol. The monoisotopic (exact) mass is 342 g/mol. The van der Waals surface area contributed by atoms with Crippen molar-refractivity contribution in [2.24, 2.45) is 4.99 Å². The molecular weight excluding hydrogens is 324 g/mol. The summed E-state index contributed by atoms with van der Waals surface area (Å²) < 4.78 is 2.22. The van der Waals surface area contributed by atoms with Crippen molar-refractivity contribution in [2.45, 2.75) is 6.92 Å². The standard InChI is InChI=1S/C22H18N2S/c1-17-12-14-18(15-13-17)21-16-25-22(23-19-8-4-2-5-9-19)24(21)20-10-6-3-7-11-20/h2-16H,1H3. The van der Waals surface area contributed by atoms with E-state index < -0.39 is 0 Å². The van der Waals surface area contributed by atoms with Gasteiger partial charge in [0.05, 0.1) is 11.4 Å². The zero-order valence-corrected chi connectivity index (χ0v) is 14.8. The van der Waals surface area contributed by atoms with Crippen molar-refractivity contribution in [1.82, 2.24) is 4.57 Å². The van der Waals surface area contributed by atoms with Gasteiger partial charge in [0.25, 0.3) is 0 Å². The maximum Gasteiger partial charge on any atom is 0.195 e. The van der Waals surface area contributed by atoms with E-state index in [1.54, 1.807) is 11.3 Å². The molecule has 0 aliphatic carbocycles. The average molecular weight is 342 g/mol. The summed E-state index contributed by atoms with van der Waals surface area (Å²) in [5.74, 6) is 0. The largest absolute Gasteiger partial charge is 0.285 e. The van der Waals surface area contributed by atoms with E-state index in [0.29, 0.717) is 0 Å². The highest BCUT2D eigenvalue weighted by molar-refractivity contribution is 7.07. The lowest BCUT2D eigenvalue weighted by Gasteiger charge is -2.09. The Labute approximate surface area is 151 Å². The SMILES string of the molecule is Cc1ccc(-c2csc(=Nc3ccccc3)n2-c2ccccc2)cc1. The lowest BCUT2D eigenvalue weighted by atomic mass is 10.1. The molecule has 1 aromatic heterocycles. The van der Waals surface area contributed by atoms with Crippen LogP contribution in [0.5, 0.6) is 0 Å². The number of nitrogens with zero attached hydrogens (tertiary/aromatic N) is 2. The van der Waals surface area contributed by atoms with Gasteiger partial charge in [0.15, 0.2) is 4.80 Å². The maximum absolute atomic E-state index is 4.86. The van der Waals surface area contributed by atoms with Crippen LogP contribution in [0.15, 0.2) is 95.3 Å². The van der Waals surface area contributed by atoms with Gasteiger partial charge in [-0.15, -0.1) is 11.3 Å². The Balaban J connectivity index is 1.94. The van der Waals surface area contributed by atoms with Gasteiger partial charge in [-0.2, -0.15) is 0 Å². The van der Waals surface area contributed by atoms with Crippen LogP contribution >= 0.6 is 11.3 Å². The summed E-state index contributed by atoms with van der Waals surface area (Å²) in [4.78, 5) is 5.83. The number of benzene rings is 3. The third-order valence-electron chi connectivity index (χ3n) is 4.05. The van der Waals surface area contributed by atoms with Crippen LogP contribution in [-0.2, 0) is 0 Å². The van der Waals surface area contributed by atoms with Crippen molar-refractivity contribution in [1.29, 1.82) is 0 Å². The molecule has 0 saturated heterocycles. The highest BCUT2D eigenvalue weighted by atomic mass is 32.1. The quantitative estimate of drug-likeness (QED) is 0.451. The summed E-state index contributed by atoms with van der Waals surface area (Å²) in [7, 11) is 0. The van der Waals surface area contributed by atoms with Gasteiger partial charge >= 0.3 is 0 Å². The van der Waals surface area contributed by atoms with Crippen LogP contribution in [0.3, 0.4) is 0 Å². The van der Waals surface area contributed by atoms with Gasteiger partial charge in [-0.1, -0.05) is 66.2 Å². The van der Waals surface area contributed by atoms with Gasteiger partial charge in [-0.05, 0) is 36.8 Å². The average Bonchev–Trinajstić information content (AvgIpc) is 3.07. The minimum absolute atomic E-state index is 0.962. The molecule has 0 atom stereocenters. The molecule has 4 aromatic rings. The highest BCUT2D eigenvalue weighted by Gasteiger charge is 2.10. The molecule has 0 aliphatic heterocycles. The fourth-order valence-electron chi connectivity index (χ4n) is 2.75. The Hall–Kier alpha value is -2.91. The molecule has 0 spiro atoms. The molecule has 0 fully saturated rings. The second kappa shape index (κ2) is 6.91. The van der Waals surface area contributed by atoms with Crippen LogP contribution in [-0.4, -0.2) is 4.57 Å². The van der Waals surface area contributed by atoms with Gasteiger partial charge < -0.3 is 0 Å². The third-order valence-corrected chi connectivity index (χ3v) is 4.88. The van der Waals surface area contributed by atoms with Crippen LogP contribution in [0.25, 0.3) is 16.9 Å². The topological polar surface area (TPSA) is 17.3 Å². The third kappa shape index (κ3) is 3.32. The van der Waals surface area contributed by atoms with Gasteiger partial charge in [0, 0.05) is 11.1 Å². The Morgan fingerprint density at radius 2 is 1.40 bits per heavy atom. The van der Waals surface area contributed by atoms with E-state index in [-0.39, 0.29) is 0 Å². The molecule has 3 aromatic carbocycles. The normalized spacial score (nSPS) is 11.6. The Kier molecular flexibility index (Phi) is 4.32. The minimum atomic E-state index is 0.962. The number of para-hydroxylation sites is 2. The molecule has 0 N–H and O–H groups in total. The zero-order valence-electron chi connectivity index (χ0n) is 14.0. The van der Waals surface area contributed by atoms with Gasteiger partial charge in [0.1, 0.15) is 0 Å². The minimum Gasteiger partial charge on any atom is -0.285 e. The lowest BCUT2D eigenvalue weighted by Crippen LogP contribution is -2.13. The molecule has 0 unspecified atom stereocenters. The van der Waals surface area contributed by atoms with Crippen molar-refractivity contribution in [3.05, 3.63) is 101 Å². The van der Waals surface area contributed by atoms with Gasteiger partial charge in [0.2, 0.25) is 0 Å². The fourth-order valence-corrected chi connectivity index (χ4v) is 3.68. The lowest BCUT2D eigenvalue weighted by molar-refractivity contribution is 1.01. The molecule has 0 bridgehead atoms. The number of aryl methyl sites for hydroxylation is 1. The second-order valence-corrected chi connectivity index (χ2v) is 6.72. The predicted octanol–water partition coefficient (Wildman–Crippen LogP) is 5.75. The number of aromatic nitrogens is 1. The smallest absolute Gasteiger partial charge is 0.195 e. The summed E-state index contributed by atoms with van der Waals surface area (Å²) in [5, 5.41) is 2.18. The van der Waals surface area contributed by atoms with E-state index in [4.69, 9.17) is 4.99 Å². The first-order valence-corrected chi connectivity index (χ1v) is 9.12. The zero-order chi connectivity index (χ0) is 17.1. The summed E-state index contributed by atoms with van der Waals surface area (Å²) in [6.07, 6.45) is 0. The van der Waals surface area contributed by atoms with Crippen LogP contribution in [0.2, 0.25) is 0 Å². The number of hydrogen-bond acceptors (Lipinski definition) is 2. The van der Waals surface area contributed by atoms with E-state index in [1.807, 2.05) is 36.4 Å². The van der Waals surface area contributed by atoms with Crippen molar-refractivity contribution in [3.8, 4) is 16.9 Å². The number of thiazole rings is 1. The van der Waals surface area contributed by atoms with E-state index >= 15 is 0 Å². The highest BCUT2D eigenvalue weighted by Crippen LogP contribution is 2.24. The molecule has 122 valence electrons. The first kappa shape index (κ1) is 15.6. The molecule has 25 heavy (non-hydrogen) atoms. The van der Waals surface area contributed by atoms with Crippen molar-refractivity contribution >= 4 is 17.0 Å². The number of rotatable bonds is 3. The molecule has 3 heteroatoms. The second-order valence-electron chi connectivity index (χ2n) is 5.89. The number of hydrogen-bond donors (Lipinski definition) is 0. The van der Waals surface area contributed by atoms with Gasteiger partial charge in [-0.25, -0.2) is 4.99 Å². The molecule has 0 aliphatic rings. The maximum atomic E-state index is 4.86. The van der Waals surface area contributed by atoms with Crippen molar-refractivity contribution in [3.63, 3.8) is 0 Å². The Morgan fingerprint density at radius 1 is 0.760 bits per heavy atom. The van der Waals surface area contributed by atoms with E-state index in [2.05, 4.69) is 65.4 Å². The molecule has 0 radical (unpaired) electrons. The molecular formula is C22H18N2S. The van der Waals surface area contributed by atoms with Crippen LogP contribution in [0.1, 0.15) is 5.56 Å². The molecule has 4 rings (SSSR count). The van der Waals surface area contributed by atoms with E-state index in [0.717, 1.165) is 21.9 Å². The Morgan fingerprint density at radius 3 is 2.08 bits per heavy atom. The van der Waals surface area contributed by atoms with Crippen LogP contribution < -0.4 is 4.80 Å². The fraction of sp³-hybridized carbons (Fsp3) is 0.0455. The van der Waals surface area contributed by atoms with E-state index in [9.17, 15) is 0 Å². The van der Waals surface area contributed by atoms with Crippen LogP contribution in [0.4, 0.5) is 5.69 Å². The molecule has 0 saturated carbocycles. The van der Waals surface area contributed by atoms with E-state index in [1.165, 1.54) is 11.1 Å². The van der Waals surface area contributed by atoms with Crippen molar-refractivity contribution in [2.75, 3.05) is 0 Å². The molecule has 2 nitrogen and oxygen atoms in total. The molecule has 1 heterocycles. The Bertz CT molecular complexity index is 1030. The molecule has 0 amide bonds. The first-order chi connectivity index (χ1) is 12.3. The first-order valence-electron chi connectivity index (χ1n) is 8.24.